The first-order valence-corrected chi connectivity index (χ1v) is 12.6. The number of nitrogens with zero attached hydrogens (tertiary/aromatic N) is 4. The van der Waals surface area contributed by atoms with Crippen LogP contribution < -0.4 is 10.5 Å². The molecule has 0 amide bonds. The summed E-state index contributed by atoms with van der Waals surface area (Å²) in [6, 6.07) is 15.9. The fraction of sp³-hybridized carbons (Fsp3) is 0.321. The van der Waals surface area contributed by atoms with Gasteiger partial charge in [0.25, 0.3) is 5.60 Å². The molecule has 2 atom stereocenters. The van der Waals surface area contributed by atoms with E-state index in [-0.39, 0.29) is 23.4 Å². The van der Waals surface area contributed by atoms with E-state index in [1.54, 1.807) is 31.2 Å². The molecule has 2 aromatic carbocycles. The fourth-order valence-corrected chi connectivity index (χ4v) is 4.20. The SMILES string of the molecule is COC(COC(Cc1ccc(OCc2ccccc2)cc1)(C(=O)O)C(=O)O)CC(F)n1cnc2c(N)nc(C)nc21. The number of aliphatic carboxylic acids is 2. The molecule has 216 valence electrons. The number of carboxylic acids is 2. The summed E-state index contributed by atoms with van der Waals surface area (Å²) in [7, 11) is 1.29. The molecule has 41 heavy (non-hydrogen) atoms. The van der Waals surface area contributed by atoms with Crippen LogP contribution in [0.3, 0.4) is 0 Å². The van der Waals surface area contributed by atoms with Crippen molar-refractivity contribution in [1.82, 2.24) is 19.5 Å². The Morgan fingerprint density at radius 1 is 1.05 bits per heavy atom. The van der Waals surface area contributed by atoms with Crippen molar-refractivity contribution in [2.24, 2.45) is 0 Å². The van der Waals surface area contributed by atoms with Crippen LogP contribution in [0.15, 0.2) is 60.9 Å². The molecule has 0 saturated heterocycles. The van der Waals surface area contributed by atoms with Gasteiger partial charge in [0.05, 0.1) is 19.0 Å². The molecule has 0 spiro atoms. The zero-order valence-corrected chi connectivity index (χ0v) is 22.4. The quantitative estimate of drug-likeness (QED) is 0.191. The number of carboxylic acid groups (broad SMARTS) is 2. The second-order valence-electron chi connectivity index (χ2n) is 9.35. The van der Waals surface area contributed by atoms with E-state index in [0.717, 1.165) is 10.1 Å². The minimum Gasteiger partial charge on any atom is -0.489 e. The Kier molecular flexibility index (Phi) is 9.10. The number of carbonyl (C=O) groups is 2. The first kappa shape index (κ1) is 29.4. The number of hydrogen-bond donors (Lipinski definition) is 3. The Morgan fingerprint density at radius 3 is 2.37 bits per heavy atom. The van der Waals surface area contributed by atoms with Crippen LogP contribution in [0.1, 0.15) is 29.7 Å². The summed E-state index contributed by atoms with van der Waals surface area (Å²) in [5.41, 5.74) is 4.97. The van der Waals surface area contributed by atoms with Gasteiger partial charge in [-0.1, -0.05) is 42.5 Å². The highest BCUT2D eigenvalue weighted by Crippen LogP contribution is 2.27. The Morgan fingerprint density at radius 2 is 1.73 bits per heavy atom. The van der Waals surface area contributed by atoms with Gasteiger partial charge in [-0.15, -0.1) is 0 Å². The normalized spacial score (nSPS) is 13.1. The summed E-state index contributed by atoms with van der Waals surface area (Å²) in [5, 5.41) is 19.8. The lowest BCUT2D eigenvalue weighted by atomic mass is 9.94. The number of aryl methyl sites for hydroxylation is 1. The van der Waals surface area contributed by atoms with Crippen LogP contribution in [0.25, 0.3) is 11.2 Å². The van der Waals surface area contributed by atoms with Gasteiger partial charge >= 0.3 is 11.9 Å². The molecular formula is C28H30FN5O7. The Hall–Kier alpha value is -4.62. The van der Waals surface area contributed by atoms with Gasteiger partial charge in [-0.2, -0.15) is 0 Å². The average molecular weight is 568 g/mol. The van der Waals surface area contributed by atoms with Crippen LogP contribution in [0.2, 0.25) is 0 Å². The van der Waals surface area contributed by atoms with E-state index < -0.39 is 43.0 Å². The molecule has 0 aliphatic rings. The molecule has 0 aliphatic heterocycles. The molecule has 2 unspecified atom stereocenters. The molecule has 2 heterocycles. The number of rotatable bonds is 14. The van der Waals surface area contributed by atoms with Crippen molar-refractivity contribution in [3.8, 4) is 5.75 Å². The lowest BCUT2D eigenvalue weighted by Crippen LogP contribution is -2.52. The molecule has 4 N–H and O–H groups in total. The molecule has 13 heteroatoms. The molecule has 0 fully saturated rings. The maximum Gasteiger partial charge on any atom is 0.348 e. The number of nitrogen functional groups attached to an aromatic ring is 1. The standard InChI is InChI=1S/C28H30FN5O7/c1-17-32-24(30)23-25(33-17)34(16-31-23)22(29)12-21(39-2)15-41-28(26(35)36,27(37)38)13-18-8-10-20(11-9-18)40-14-19-6-4-3-5-7-19/h3-11,16,21-22H,12-15H2,1-2H3,(H,35,36)(H,37,38)(H2,30,32,33). The topological polar surface area (TPSA) is 172 Å². The summed E-state index contributed by atoms with van der Waals surface area (Å²) in [4.78, 5) is 36.7. The van der Waals surface area contributed by atoms with Gasteiger partial charge in [-0.05, 0) is 30.2 Å². The fourth-order valence-electron chi connectivity index (χ4n) is 4.20. The van der Waals surface area contributed by atoms with Crippen molar-refractivity contribution in [1.29, 1.82) is 0 Å². The van der Waals surface area contributed by atoms with Crippen molar-refractivity contribution in [2.45, 2.75) is 44.4 Å². The van der Waals surface area contributed by atoms with E-state index in [1.807, 2.05) is 30.3 Å². The second kappa shape index (κ2) is 12.7. The minimum atomic E-state index is -2.64. The Balaban J connectivity index is 1.44. The number of nitrogens with two attached hydrogens (primary N) is 1. The molecule has 0 saturated carbocycles. The molecular weight excluding hydrogens is 537 g/mol. The monoisotopic (exact) mass is 567 g/mol. The lowest BCUT2D eigenvalue weighted by Gasteiger charge is -2.28. The Bertz CT molecular complexity index is 1480. The molecule has 12 nitrogen and oxygen atoms in total. The van der Waals surface area contributed by atoms with E-state index in [9.17, 15) is 19.8 Å². The van der Waals surface area contributed by atoms with E-state index in [2.05, 4.69) is 15.0 Å². The highest BCUT2D eigenvalue weighted by molar-refractivity contribution is 6.02. The van der Waals surface area contributed by atoms with Gasteiger partial charge in [0.1, 0.15) is 23.7 Å². The van der Waals surface area contributed by atoms with Crippen molar-refractivity contribution in [2.75, 3.05) is 19.5 Å². The van der Waals surface area contributed by atoms with Gasteiger partial charge in [0.15, 0.2) is 17.8 Å². The summed E-state index contributed by atoms with van der Waals surface area (Å²) in [6.45, 7) is 1.42. The van der Waals surface area contributed by atoms with Crippen LogP contribution in [-0.2, 0) is 32.1 Å². The molecule has 4 rings (SSSR count). The average Bonchev–Trinajstić information content (AvgIpc) is 3.38. The number of ether oxygens (including phenoxy) is 3. The minimum absolute atomic E-state index is 0.105. The van der Waals surface area contributed by atoms with E-state index >= 15 is 4.39 Å². The number of methoxy groups -OCH3 is 1. The predicted octanol–water partition coefficient (Wildman–Crippen LogP) is 3.34. The molecule has 0 radical (unpaired) electrons. The molecule has 2 aromatic heterocycles. The number of aromatic nitrogens is 4. The maximum atomic E-state index is 15.3. The van der Waals surface area contributed by atoms with Crippen molar-refractivity contribution in [3.63, 3.8) is 0 Å². The van der Waals surface area contributed by atoms with E-state index in [0.29, 0.717) is 23.7 Å². The number of hydrogen-bond acceptors (Lipinski definition) is 9. The van der Waals surface area contributed by atoms with Gasteiger partial charge in [0.2, 0.25) is 0 Å². The Labute approximate surface area is 234 Å². The van der Waals surface area contributed by atoms with Gasteiger partial charge < -0.3 is 30.2 Å². The van der Waals surface area contributed by atoms with Gasteiger partial charge in [-0.3, -0.25) is 4.57 Å². The van der Waals surface area contributed by atoms with E-state index in [4.69, 9.17) is 19.9 Å². The van der Waals surface area contributed by atoms with Crippen LogP contribution >= 0.6 is 0 Å². The number of anilines is 1. The van der Waals surface area contributed by atoms with Gasteiger partial charge in [0, 0.05) is 20.0 Å². The maximum absolute atomic E-state index is 15.3. The number of imidazole rings is 1. The largest absolute Gasteiger partial charge is 0.489 e. The zero-order chi connectivity index (χ0) is 29.6. The second-order valence-corrected chi connectivity index (χ2v) is 9.35. The first-order valence-electron chi connectivity index (χ1n) is 12.6. The predicted molar refractivity (Wildman–Crippen MR) is 145 cm³/mol. The third-order valence-electron chi connectivity index (χ3n) is 6.48. The summed E-state index contributed by atoms with van der Waals surface area (Å²) < 4.78 is 33.0. The van der Waals surface area contributed by atoms with Crippen LogP contribution in [-0.4, -0.2) is 67.1 Å². The van der Waals surface area contributed by atoms with Crippen LogP contribution in [0, 0.1) is 6.92 Å². The number of fused-ring (bicyclic) bond motifs is 1. The smallest absolute Gasteiger partial charge is 0.348 e. The number of alkyl halides is 1. The van der Waals surface area contributed by atoms with Crippen molar-refractivity contribution < 1.29 is 38.4 Å². The third-order valence-corrected chi connectivity index (χ3v) is 6.48. The lowest BCUT2D eigenvalue weighted by molar-refractivity contribution is -0.188. The number of halogens is 1. The zero-order valence-electron chi connectivity index (χ0n) is 22.4. The van der Waals surface area contributed by atoms with Gasteiger partial charge in [-0.25, -0.2) is 28.9 Å². The molecule has 0 aliphatic carbocycles. The van der Waals surface area contributed by atoms with Crippen LogP contribution in [0.5, 0.6) is 5.75 Å². The van der Waals surface area contributed by atoms with Crippen molar-refractivity contribution >= 4 is 28.9 Å². The highest BCUT2D eigenvalue weighted by Gasteiger charge is 2.49. The third kappa shape index (κ3) is 6.76. The molecule has 0 bridgehead atoms. The van der Waals surface area contributed by atoms with Crippen molar-refractivity contribution in [3.05, 3.63) is 77.9 Å². The van der Waals surface area contributed by atoms with E-state index in [1.165, 1.54) is 13.4 Å². The highest BCUT2D eigenvalue weighted by atomic mass is 19.1. The summed E-state index contributed by atoms with van der Waals surface area (Å²) >= 11 is 0. The first-order chi connectivity index (χ1) is 19.6. The summed E-state index contributed by atoms with van der Waals surface area (Å²) in [5.74, 6) is -2.45. The van der Waals surface area contributed by atoms with Crippen LogP contribution in [0.4, 0.5) is 10.2 Å². The summed E-state index contributed by atoms with van der Waals surface area (Å²) in [6.07, 6.45) is -2.30. The number of benzene rings is 2. The molecule has 4 aromatic rings.